The minimum Gasteiger partial charge on any atom is -0.313 e. The normalized spacial score (nSPS) is 24.3. The lowest BCUT2D eigenvalue weighted by atomic mass is 9.75. The highest BCUT2D eigenvalue weighted by molar-refractivity contribution is 5.27. The smallest absolute Gasteiger partial charge is 0.0628 e. The molecule has 4 heteroatoms. The highest BCUT2D eigenvalue weighted by Crippen LogP contribution is 2.42. The average Bonchev–Trinajstić information content (AvgIpc) is 3.50. The highest BCUT2D eigenvalue weighted by atomic mass is 15.1. The Morgan fingerprint density at radius 1 is 1.15 bits per heavy atom. The van der Waals surface area contributed by atoms with Crippen molar-refractivity contribution in [3.8, 4) is 6.07 Å². The fraction of sp³-hybridized carbons (Fsp3) is 0.478. The Balaban J connectivity index is 1.29. The molecule has 2 aromatic rings. The van der Waals surface area contributed by atoms with Crippen LogP contribution in [-0.2, 0) is 6.54 Å². The number of nitrogens with zero attached hydrogens (tertiary/aromatic N) is 3. The second kappa shape index (κ2) is 8.21. The van der Waals surface area contributed by atoms with Crippen molar-refractivity contribution < 1.29 is 0 Å². The SMILES string of the molecule is N#CCC1(CNC2CC2c2ccccc2)CCN(Cc2cccnc2)CC1. The lowest BCUT2D eigenvalue weighted by molar-refractivity contribution is 0.0996. The largest absolute Gasteiger partial charge is 0.313 e. The van der Waals surface area contributed by atoms with Gasteiger partial charge < -0.3 is 5.32 Å². The summed E-state index contributed by atoms with van der Waals surface area (Å²) >= 11 is 0. The van der Waals surface area contributed by atoms with E-state index in [1.807, 2.05) is 18.5 Å². The molecule has 2 atom stereocenters. The van der Waals surface area contributed by atoms with Crippen LogP contribution in [0.4, 0.5) is 0 Å². The van der Waals surface area contributed by atoms with Gasteiger partial charge in [-0.05, 0) is 55.0 Å². The van der Waals surface area contributed by atoms with Gasteiger partial charge in [-0.1, -0.05) is 36.4 Å². The van der Waals surface area contributed by atoms with Crippen LogP contribution in [-0.4, -0.2) is 35.6 Å². The van der Waals surface area contributed by atoms with Crippen molar-refractivity contribution >= 4 is 0 Å². The van der Waals surface area contributed by atoms with Crippen LogP contribution >= 0.6 is 0 Å². The number of aromatic nitrogens is 1. The first-order chi connectivity index (χ1) is 13.3. The second-order valence-electron chi connectivity index (χ2n) is 8.21. The van der Waals surface area contributed by atoms with Crippen molar-refractivity contribution in [2.45, 2.75) is 44.2 Å². The van der Waals surface area contributed by atoms with E-state index >= 15 is 0 Å². The fourth-order valence-corrected chi connectivity index (χ4v) is 4.36. The molecule has 1 saturated heterocycles. The Bertz CT molecular complexity index is 760. The number of pyridine rings is 1. The van der Waals surface area contributed by atoms with E-state index in [4.69, 9.17) is 0 Å². The van der Waals surface area contributed by atoms with Gasteiger partial charge in [0.2, 0.25) is 0 Å². The van der Waals surface area contributed by atoms with E-state index in [0.29, 0.717) is 18.4 Å². The van der Waals surface area contributed by atoms with Crippen molar-refractivity contribution in [3.05, 3.63) is 66.0 Å². The molecule has 1 aliphatic heterocycles. The summed E-state index contributed by atoms with van der Waals surface area (Å²) in [4.78, 5) is 6.71. The molecule has 2 heterocycles. The zero-order chi connectivity index (χ0) is 18.5. The van der Waals surface area contributed by atoms with Crippen LogP contribution in [0.1, 0.15) is 42.7 Å². The summed E-state index contributed by atoms with van der Waals surface area (Å²) in [5.41, 5.74) is 2.84. The number of nitriles is 1. The van der Waals surface area contributed by atoms with Gasteiger partial charge in [0, 0.05) is 43.9 Å². The molecule has 4 rings (SSSR count). The minimum atomic E-state index is 0.129. The molecule has 1 saturated carbocycles. The Morgan fingerprint density at radius 2 is 1.96 bits per heavy atom. The van der Waals surface area contributed by atoms with Crippen LogP contribution in [0.5, 0.6) is 0 Å². The summed E-state index contributed by atoms with van der Waals surface area (Å²) in [6.07, 6.45) is 7.84. The van der Waals surface area contributed by atoms with Gasteiger partial charge in [0.1, 0.15) is 0 Å². The molecule has 2 fully saturated rings. The van der Waals surface area contributed by atoms with Crippen LogP contribution in [0.2, 0.25) is 0 Å². The molecule has 2 aliphatic rings. The summed E-state index contributed by atoms with van der Waals surface area (Å²) in [5.74, 6) is 0.649. The lowest BCUT2D eigenvalue weighted by Crippen LogP contribution is -2.45. The summed E-state index contributed by atoms with van der Waals surface area (Å²) < 4.78 is 0. The molecular weight excluding hydrogens is 332 g/mol. The van der Waals surface area contributed by atoms with Gasteiger partial charge >= 0.3 is 0 Å². The van der Waals surface area contributed by atoms with Gasteiger partial charge in [0.25, 0.3) is 0 Å². The van der Waals surface area contributed by atoms with Crippen molar-refractivity contribution in [2.24, 2.45) is 5.41 Å². The van der Waals surface area contributed by atoms with E-state index in [9.17, 15) is 5.26 Å². The summed E-state index contributed by atoms with van der Waals surface area (Å²) in [6, 6.07) is 18.0. The molecule has 0 radical (unpaired) electrons. The minimum absolute atomic E-state index is 0.129. The fourth-order valence-electron chi connectivity index (χ4n) is 4.36. The van der Waals surface area contributed by atoms with Crippen LogP contribution in [0.3, 0.4) is 0 Å². The number of nitrogens with one attached hydrogen (secondary N) is 1. The van der Waals surface area contributed by atoms with Crippen LogP contribution < -0.4 is 5.32 Å². The summed E-state index contributed by atoms with van der Waals surface area (Å²) in [5, 5.41) is 13.2. The zero-order valence-corrected chi connectivity index (χ0v) is 15.8. The molecule has 1 aliphatic carbocycles. The lowest BCUT2D eigenvalue weighted by Gasteiger charge is -2.41. The molecule has 0 spiro atoms. The third kappa shape index (κ3) is 4.55. The summed E-state index contributed by atoms with van der Waals surface area (Å²) in [7, 11) is 0. The van der Waals surface area contributed by atoms with E-state index in [0.717, 1.165) is 39.0 Å². The molecule has 2 unspecified atom stereocenters. The average molecular weight is 361 g/mol. The molecule has 1 aromatic carbocycles. The van der Waals surface area contributed by atoms with Crippen molar-refractivity contribution in [1.29, 1.82) is 5.26 Å². The molecule has 140 valence electrons. The maximum atomic E-state index is 9.40. The number of rotatable bonds is 7. The monoisotopic (exact) mass is 360 g/mol. The molecular formula is C23H28N4. The van der Waals surface area contributed by atoms with Gasteiger partial charge in [-0.25, -0.2) is 0 Å². The molecule has 0 bridgehead atoms. The van der Waals surface area contributed by atoms with E-state index in [1.165, 1.54) is 17.5 Å². The topological polar surface area (TPSA) is 52.0 Å². The third-order valence-electron chi connectivity index (χ3n) is 6.26. The van der Waals surface area contributed by atoms with Gasteiger partial charge in [-0.3, -0.25) is 9.88 Å². The second-order valence-corrected chi connectivity index (χ2v) is 8.21. The Kier molecular flexibility index (Phi) is 5.52. The number of likely N-dealkylation sites (tertiary alicyclic amines) is 1. The molecule has 1 N–H and O–H groups in total. The van der Waals surface area contributed by atoms with Gasteiger partial charge in [0.05, 0.1) is 6.07 Å². The quantitative estimate of drug-likeness (QED) is 0.817. The first-order valence-corrected chi connectivity index (χ1v) is 10.0. The van der Waals surface area contributed by atoms with Crippen LogP contribution in [0, 0.1) is 16.7 Å². The molecule has 0 amide bonds. The number of benzene rings is 1. The Labute approximate surface area is 162 Å². The van der Waals surface area contributed by atoms with Crippen molar-refractivity contribution in [3.63, 3.8) is 0 Å². The number of hydrogen-bond donors (Lipinski definition) is 1. The first kappa shape index (κ1) is 18.2. The van der Waals surface area contributed by atoms with E-state index in [-0.39, 0.29) is 5.41 Å². The predicted molar refractivity (Wildman–Crippen MR) is 107 cm³/mol. The third-order valence-corrected chi connectivity index (χ3v) is 6.26. The van der Waals surface area contributed by atoms with Crippen LogP contribution in [0.25, 0.3) is 0 Å². The van der Waals surface area contributed by atoms with Crippen molar-refractivity contribution in [1.82, 2.24) is 15.2 Å². The molecule has 4 nitrogen and oxygen atoms in total. The Morgan fingerprint density at radius 3 is 2.67 bits per heavy atom. The maximum absolute atomic E-state index is 9.40. The van der Waals surface area contributed by atoms with E-state index in [1.54, 1.807) is 0 Å². The van der Waals surface area contributed by atoms with E-state index in [2.05, 4.69) is 57.7 Å². The maximum Gasteiger partial charge on any atom is 0.0628 e. The first-order valence-electron chi connectivity index (χ1n) is 10.0. The van der Waals surface area contributed by atoms with Gasteiger partial charge in [-0.2, -0.15) is 5.26 Å². The molecule has 1 aromatic heterocycles. The van der Waals surface area contributed by atoms with Gasteiger partial charge in [0.15, 0.2) is 0 Å². The van der Waals surface area contributed by atoms with E-state index < -0.39 is 0 Å². The number of piperidine rings is 1. The standard InChI is InChI=1S/C23H28N4/c24-11-8-23(18-26-22-15-21(22)20-6-2-1-3-7-20)9-13-27(14-10-23)17-19-5-4-12-25-16-19/h1-7,12,16,21-22,26H,8-10,13-15,17-18H2. The highest BCUT2D eigenvalue weighted by Gasteiger charge is 2.41. The zero-order valence-electron chi connectivity index (χ0n) is 15.8. The van der Waals surface area contributed by atoms with Gasteiger partial charge in [-0.15, -0.1) is 0 Å². The van der Waals surface area contributed by atoms with Crippen LogP contribution in [0.15, 0.2) is 54.9 Å². The Hall–Kier alpha value is -2.22. The number of hydrogen-bond acceptors (Lipinski definition) is 4. The predicted octanol–water partition coefficient (Wildman–Crippen LogP) is 3.72. The van der Waals surface area contributed by atoms with Crippen molar-refractivity contribution in [2.75, 3.05) is 19.6 Å². The molecule has 27 heavy (non-hydrogen) atoms. The summed E-state index contributed by atoms with van der Waals surface area (Å²) in [6.45, 7) is 4.05.